The molecule has 1 aromatic rings. The van der Waals surface area contributed by atoms with Crippen LogP contribution in [0.1, 0.15) is 50.2 Å². The molecule has 5 heteroatoms. The summed E-state index contributed by atoms with van der Waals surface area (Å²) in [6, 6.07) is 9.45. The summed E-state index contributed by atoms with van der Waals surface area (Å²) in [6.45, 7) is 6.82. The van der Waals surface area contributed by atoms with Crippen molar-refractivity contribution in [1.29, 1.82) is 0 Å². The molecule has 2 N–H and O–H groups in total. The van der Waals surface area contributed by atoms with Gasteiger partial charge in [-0.1, -0.05) is 43.5 Å². The molecule has 26 heavy (non-hydrogen) atoms. The van der Waals surface area contributed by atoms with Gasteiger partial charge in [-0.25, -0.2) is 0 Å². The molecule has 1 saturated heterocycles. The predicted molar refractivity (Wildman–Crippen MR) is 107 cm³/mol. The standard InChI is InChI=1S/C21H34N4O/c1-17-15-25(11-12-26-17)16-19-8-6-7-18(13-19)14-23-21(22-2)24-20-9-4-3-5-10-20/h6-8,13,17,20H,3-5,9-12,14-16H2,1-2H3,(H2,22,23,24). The molecule has 3 rings (SSSR count). The Morgan fingerprint density at radius 2 is 2.04 bits per heavy atom. The summed E-state index contributed by atoms with van der Waals surface area (Å²) in [4.78, 5) is 6.87. The number of hydrogen-bond donors (Lipinski definition) is 2. The number of hydrogen-bond acceptors (Lipinski definition) is 3. The number of rotatable bonds is 5. The third-order valence-corrected chi connectivity index (χ3v) is 5.35. The number of ether oxygens (including phenoxy) is 1. The largest absolute Gasteiger partial charge is 0.376 e. The maximum Gasteiger partial charge on any atom is 0.191 e. The van der Waals surface area contributed by atoms with E-state index in [2.05, 4.69) is 51.7 Å². The Hall–Kier alpha value is -1.59. The number of nitrogens with zero attached hydrogens (tertiary/aromatic N) is 2. The van der Waals surface area contributed by atoms with E-state index in [-0.39, 0.29) is 0 Å². The van der Waals surface area contributed by atoms with Crippen molar-refractivity contribution in [3.63, 3.8) is 0 Å². The normalized spacial score (nSPS) is 23.0. The van der Waals surface area contributed by atoms with Gasteiger partial charge in [0.2, 0.25) is 0 Å². The van der Waals surface area contributed by atoms with E-state index >= 15 is 0 Å². The Labute approximate surface area is 158 Å². The van der Waals surface area contributed by atoms with Gasteiger partial charge in [0.05, 0.1) is 12.7 Å². The van der Waals surface area contributed by atoms with E-state index in [4.69, 9.17) is 4.74 Å². The van der Waals surface area contributed by atoms with Crippen molar-refractivity contribution in [1.82, 2.24) is 15.5 Å². The Balaban J connectivity index is 1.49. The topological polar surface area (TPSA) is 48.9 Å². The fourth-order valence-electron chi connectivity index (χ4n) is 3.95. The zero-order valence-electron chi connectivity index (χ0n) is 16.3. The molecule has 1 aromatic carbocycles. The molecule has 2 aliphatic rings. The summed E-state index contributed by atoms with van der Waals surface area (Å²) in [6.07, 6.45) is 6.89. The van der Waals surface area contributed by atoms with Crippen LogP contribution in [0.4, 0.5) is 0 Å². The minimum absolute atomic E-state index is 0.336. The number of guanidine groups is 1. The van der Waals surface area contributed by atoms with Gasteiger partial charge in [-0.05, 0) is 30.9 Å². The maximum absolute atomic E-state index is 5.64. The van der Waals surface area contributed by atoms with Crippen LogP contribution in [0, 0.1) is 0 Å². The van der Waals surface area contributed by atoms with Gasteiger partial charge >= 0.3 is 0 Å². The van der Waals surface area contributed by atoms with Crippen molar-refractivity contribution < 1.29 is 4.74 Å². The van der Waals surface area contributed by atoms with E-state index in [1.807, 2.05) is 7.05 Å². The van der Waals surface area contributed by atoms with Crippen molar-refractivity contribution in [2.75, 3.05) is 26.7 Å². The third kappa shape index (κ3) is 5.99. The first-order chi connectivity index (χ1) is 12.7. The van der Waals surface area contributed by atoms with Crippen LogP contribution >= 0.6 is 0 Å². The minimum Gasteiger partial charge on any atom is -0.376 e. The third-order valence-electron chi connectivity index (χ3n) is 5.35. The highest BCUT2D eigenvalue weighted by atomic mass is 16.5. The quantitative estimate of drug-likeness (QED) is 0.628. The highest BCUT2D eigenvalue weighted by Gasteiger charge is 2.17. The molecule has 0 spiro atoms. The second-order valence-corrected chi connectivity index (χ2v) is 7.64. The molecule has 0 aromatic heterocycles. The van der Waals surface area contributed by atoms with E-state index in [0.29, 0.717) is 12.1 Å². The van der Waals surface area contributed by atoms with E-state index in [9.17, 15) is 0 Å². The lowest BCUT2D eigenvalue weighted by Crippen LogP contribution is -2.43. The lowest BCUT2D eigenvalue weighted by molar-refractivity contribution is -0.0212. The Kier molecular flexibility index (Phi) is 7.32. The number of nitrogens with one attached hydrogen (secondary N) is 2. The molecular weight excluding hydrogens is 324 g/mol. The van der Waals surface area contributed by atoms with Crippen LogP contribution in [0.3, 0.4) is 0 Å². The van der Waals surface area contributed by atoms with Crippen LogP contribution < -0.4 is 10.6 Å². The highest BCUT2D eigenvalue weighted by molar-refractivity contribution is 5.79. The summed E-state index contributed by atoms with van der Waals surface area (Å²) in [5.74, 6) is 0.921. The SMILES string of the molecule is CN=C(NCc1cccc(CN2CCOC(C)C2)c1)NC1CCCCC1. The van der Waals surface area contributed by atoms with E-state index < -0.39 is 0 Å². The molecule has 0 bridgehead atoms. The van der Waals surface area contributed by atoms with E-state index in [1.165, 1.54) is 43.2 Å². The smallest absolute Gasteiger partial charge is 0.191 e. The molecule has 144 valence electrons. The summed E-state index contributed by atoms with van der Waals surface area (Å²) >= 11 is 0. The van der Waals surface area contributed by atoms with Gasteiger partial charge in [-0.3, -0.25) is 9.89 Å². The average molecular weight is 359 g/mol. The predicted octanol–water partition coefficient (Wildman–Crippen LogP) is 2.91. The minimum atomic E-state index is 0.336. The Morgan fingerprint density at radius 1 is 1.23 bits per heavy atom. The van der Waals surface area contributed by atoms with Crippen molar-refractivity contribution in [2.45, 2.75) is 64.3 Å². The van der Waals surface area contributed by atoms with Gasteiger partial charge in [-0.15, -0.1) is 0 Å². The van der Waals surface area contributed by atoms with E-state index in [1.54, 1.807) is 0 Å². The summed E-state index contributed by atoms with van der Waals surface area (Å²) in [5, 5.41) is 7.05. The van der Waals surface area contributed by atoms with Crippen LogP contribution in [0.15, 0.2) is 29.3 Å². The molecule has 5 nitrogen and oxygen atoms in total. The average Bonchev–Trinajstić information content (AvgIpc) is 2.66. The molecule has 1 unspecified atom stereocenters. The fraction of sp³-hybridized carbons (Fsp3) is 0.667. The number of morpholine rings is 1. The van der Waals surface area contributed by atoms with Crippen LogP contribution in [0.2, 0.25) is 0 Å². The van der Waals surface area contributed by atoms with Gasteiger partial charge < -0.3 is 15.4 Å². The second kappa shape index (κ2) is 9.93. The summed E-state index contributed by atoms with van der Waals surface area (Å²) in [7, 11) is 1.86. The van der Waals surface area contributed by atoms with Crippen molar-refractivity contribution >= 4 is 5.96 Å². The van der Waals surface area contributed by atoms with Crippen molar-refractivity contribution in [3.05, 3.63) is 35.4 Å². The van der Waals surface area contributed by atoms with Crippen LogP contribution in [-0.2, 0) is 17.8 Å². The molecule has 2 fully saturated rings. The number of aliphatic imine (C=N–C) groups is 1. The van der Waals surface area contributed by atoms with Crippen molar-refractivity contribution in [2.24, 2.45) is 4.99 Å². The second-order valence-electron chi connectivity index (χ2n) is 7.64. The molecule has 1 heterocycles. The van der Waals surface area contributed by atoms with Crippen molar-refractivity contribution in [3.8, 4) is 0 Å². The summed E-state index contributed by atoms with van der Waals surface area (Å²) in [5.41, 5.74) is 2.67. The molecule has 1 aliphatic heterocycles. The number of benzene rings is 1. The summed E-state index contributed by atoms with van der Waals surface area (Å²) < 4.78 is 5.64. The molecule has 1 aliphatic carbocycles. The Morgan fingerprint density at radius 3 is 2.81 bits per heavy atom. The maximum atomic E-state index is 5.64. The van der Waals surface area contributed by atoms with Gasteiger partial charge in [0.25, 0.3) is 0 Å². The van der Waals surface area contributed by atoms with Gasteiger partial charge in [0.15, 0.2) is 5.96 Å². The van der Waals surface area contributed by atoms with Gasteiger partial charge in [-0.2, -0.15) is 0 Å². The monoisotopic (exact) mass is 358 g/mol. The first-order valence-corrected chi connectivity index (χ1v) is 10.1. The zero-order valence-corrected chi connectivity index (χ0v) is 16.3. The van der Waals surface area contributed by atoms with E-state index in [0.717, 1.165) is 38.7 Å². The highest BCUT2D eigenvalue weighted by Crippen LogP contribution is 2.17. The molecule has 0 radical (unpaired) electrons. The van der Waals surface area contributed by atoms with Gasteiger partial charge in [0.1, 0.15) is 0 Å². The fourth-order valence-corrected chi connectivity index (χ4v) is 3.95. The Bertz CT molecular complexity index is 583. The van der Waals surface area contributed by atoms with Crippen LogP contribution in [0.5, 0.6) is 0 Å². The molecule has 1 atom stereocenters. The molecule has 1 saturated carbocycles. The lowest BCUT2D eigenvalue weighted by atomic mass is 9.96. The van der Waals surface area contributed by atoms with Crippen LogP contribution in [0.25, 0.3) is 0 Å². The lowest BCUT2D eigenvalue weighted by Gasteiger charge is -2.31. The molecular formula is C21H34N4O. The first kappa shape index (κ1) is 19.2. The molecule has 0 amide bonds. The van der Waals surface area contributed by atoms with Crippen LogP contribution in [-0.4, -0.2) is 49.7 Å². The zero-order chi connectivity index (χ0) is 18.2. The first-order valence-electron chi connectivity index (χ1n) is 10.1. The van der Waals surface area contributed by atoms with Gasteiger partial charge in [0, 0.05) is 39.3 Å².